The molecule has 25 heavy (non-hydrogen) atoms. The number of morpholine rings is 1. The fourth-order valence-electron chi connectivity index (χ4n) is 3.29. The van der Waals surface area contributed by atoms with Crippen LogP contribution in [0, 0.1) is 0 Å². The van der Waals surface area contributed by atoms with E-state index in [1.54, 1.807) is 11.0 Å². The lowest BCUT2D eigenvalue weighted by Crippen LogP contribution is -2.51. The summed E-state index contributed by atoms with van der Waals surface area (Å²) in [5.41, 5.74) is 1.46. The molecule has 0 atom stereocenters. The van der Waals surface area contributed by atoms with Crippen molar-refractivity contribution in [1.29, 1.82) is 0 Å². The maximum Gasteiger partial charge on any atom is 0.236 e. The van der Waals surface area contributed by atoms with E-state index in [1.165, 1.54) is 0 Å². The van der Waals surface area contributed by atoms with Crippen molar-refractivity contribution >= 4 is 22.9 Å². The zero-order valence-corrected chi connectivity index (χ0v) is 14.3. The Morgan fingerprint density at radius 2 is 1.88 bits per heavy atom. The van der Waals surface area contributed by atoms with Gasteiger partial charge in [-0.1, -0.05) is 5.21 Å². The van der Waals surface area contributed by atoms with Gasteiger partial charge in [-0.2, -0.15) is 0 Å². The molecule has 2 fully saturated rings. The van der Waals surface area contributed by atoms with Crippen molar-refractivity contribution in [3.05, 3.63) is 6.33 Å². The molecule has 2 aliphatic rings. The van der Waals surface area contributed by atoms with Crippen molar-refractivity contribution in [2.75, 3.05) is 63.9 Å². The molecule has 2 saturated heterocycles. The Morgan fingerprint density at radius 3 is 2.64 bits per heavy atom. The summed E-state index contributed by atoms with van der Waals surface area (Å²) in [6, 6.07) is 0. The lowest BCUT2D eigenvalue weighted by molar-refractivity contribution is -0.136. The first-order chi connectivity index (χ1) is 12.2. The number of fused-ring (bicyclic) bond motifs is 1. The van der Waals surface area contributed by atoms with Crippen LogP contribution in [0.4, 0.5) is 5.82 Å². The highest BCUT2D eigenvalue weighted by atomic mass is 16.5. The molecule has 4 heterocycles. The Labute approximate surface area is 145 Å². The van der Waals surface area contributed by atoms with Crippen LogP contribution in [-0.4, -0.2) is 99.7 Å². The third-order valence-electron chi connectivity index (χ3n) is 4.76. The van der Waals surface area contributed by atoms with E-state index >= 15 is 0 Å². The Bertz CT molecular complexity index is 749. The second-order valence-corrected chi connectivity index (χ2v) is 6.34. The highest BCUT2D eigenvalue weighted by molar-refractivity contribution is 5.82. The Hall–Kier alpha value is -2.33. The number of carbonyl (C=O) groups is 1. The van der Waals surface area contributed by atoms with Gasteiger partial charge in [-0.25, -0.2) is 14.6 Å². The summed E-state index contributed by atoms with van der Waals surface area (Å²) in [6.07, 6.45) is 1.55. The molecule has 10 nitrogen and oxygen atoms in total. The Morgan fingerprint density at radius 1 is 1.12 bits per heavy atom. The normalized spacial score (nSPS) is 19.6. The van der Waals surface area contributed by atoms with Crippen LogP contribution in [-0.2, 0) is 16.6 Å². The van der Waals surface area contributed by atoms with Gasteiger partial charge in [-0.05, 0) is 0 Å². The Kier molecular flexibility index (Phi) is 4.45. The van der Waals surface area contributed by atoms with E-state index in [2.05, 4.69) is 30.1 Å². The molecule has 0 aliphatic carbocycles. The van der Waals surface area contributed by atoms with Crippen molar-refractivity contribution in [1.82, 2.24) is 34.8 Å². The molecule has 10 heteroatoms. The molecule has 2 aromatic rings. The molecule has 2 aliphatic heterocycles. The van der Waals surface area contributed by atoms with Gasteiger partial charge in [0.2, 0.25) is 5.91 Å². The third kappa shape index (κ3) is 3.27. The number of hydrogen-bond acceptors (Lipinski definition) is 8. The monoisotopic (exact) mass is 346 g/mol. The molecule has 2 aromatic heterocycles. The minimum atomic E-state index is 0.190. The average Bonchev–Trinajstić information content (AvgIpc) is 3.04. The summed E-state index contributed by atoms with van der Waals surface area (Å²) in [6.45, 7) is 6.40. The van der Waals surface area contributed by atoms with Gasteiger partial charge in [0, 0.05) is 46.3 Å². The first kappa shape index (κ1) is 16.2. The Balaban J connectivity index is 1.37. The minimum absolute atomic E-state index is 0.190. The first-order valence-electron chi connectivity index (χ1n) is 8.55. The molecule has 0 N–H and O–H groups in total. The zero-order valence-electron chi connectivity index (χ0n) is 14.3. The lowest BCUT2D eigenvalue weighted by atomic mass is 10.3. The van der Waals surface area contributed by atoms with Crippen molar-refractivity contribution in [3.63, 3.8) is 0 Å². The topological polar surface area (TPSA) is 92.5 Å². The van der Waals surface area contributed by atoms with Crippen LogP contribution in [0.3, 0.4) is 0 Å². The average molecular weight is 346 g/mol. The number of hydrogen-bond donors (Lipinski definition) is 0. The second-order valence-electron chi connectivity index (χ2n) is 6.34. The molecule has 0 bridgehead atoms. The number of aryl methyl sites for hydroxylation is 1. The predicted octanol–water partition coefficient (Wildman–Crippen LogP) is -1.26. The second kappa shape index (κ2) is 6.89. The number of anilines is 1. The van der Waals surface area contributed by atoms with E-state index in [0.717, 1.165) is 43.2 Å². The fourth-order valence-corrected chi connectivity index (χ4v) is 3.29. The summed E-state index contributed by atoms with van der Waals surface area (Å²) in [4.78, 5) is 27.3. The number of nitrogens with zero attached hydrogens (tertiary/aromatic N) is 8. The number of piperazine rings is 1. The van der Waals surface area contributed by atoms with Gasteiger partial charge in [-0.15, -0.1) is 5.10 Å². The summed E-state index contributed by atoms with van der Waals surface area (Å²) in [5.74, 6) is 1.01. The minimum Gasteiger partial charge on any atom is -0.378 e. The highest BCUT2D eigenvalue weighted by Gasteiger charge is 2.25. The molecule has 0 aromatic carbocycles. The molecule has 4 rings (SSSR count). The smallest absolute Gasteiger partial charge is 0.236 e. The van der Waals surface area contributed by atoms with Gasteiger partial charge in [0.25, 0.3) is 0 Å². The van der Waals surface area contributed by atoms with Crippen molar-refractivity contribution in [2.45, 2.75) is 0 Å². The lowest BCUT2D eigenvalue weighted by Gasteiger charge is -2.36. The van der Waals surface area contributed by atoms with Gasteiger partial charge in [0.15, 0.2) is 17.0 Å². The number of amides is 1. The quantitative estimate of drug-likeness (QED) is 0.680. The standard InChI is InChI=1S/C15H22N8O2/c1-20-14-13(18-19-20)15(17-11-16-14)23-4-2-21(3-5-23)10-12(24)22-6-8-25-9-7-22/h11H,2-10H2,1H3. The molecule has 0 radical (unpaired) electrons. The van der Waals surface area contributed by atoms with E-state index in [0.29, 0.717) is 32.8 Å². The molecule has 134 valence electrons. The third-order valence-corrected chi connectivity index (χ3v) is 4.76. The van der Waals surface area contributed by atoms with Crippen LogP contribution in [0.25, 0.3) is 11.2 Å². The molecular formula is C15H22N8O2. The molecule has 0 saturated carbocycles. The molecule has 0 unspecified atom stereocenters. The molecule has 0 spiro atoms. The first-order valence-corrected chi connectivity index (χ1v) is 8.55. The number of rotatable bonds is 3. The maximum atomic E-state index is 12.4. The summed E-state index contributed by atoms with van der Waals surface area (Å²) < 4.78 is 6.95. The number of carbonyl (C=O) groups excluding carboxylic acids is 1. The van der Waals surface area contributed by atoms with Crippen LogP contribution in [0.1, 0.15) is 0 Å². The molecule has 1 amide bonds. The van der Waals surface area contributed by atoms with Crippen LogP contribution < -0.4 is 4.90 Å². The van der Waals surface area contributed by atoms with Crippen LogP contribution in [0.15, 0.2) is 6.33 Å². The maximum absolute atomic E-state index is 12.4. The largest absolute Gasteiger partial charge is 0.378 e. The SMILES string of the molecule is Cn1nnc2c(N3CCN(CC(=O)N4CCOCC4)CC3)ncnc21. The van der Waals surface area contributed by atoms with Crippen molar-refractivity contribution in [3.8, 4) is 0 Å². The van der Waals surface area contributed by atoms with Gasteiger partial charge in [-0.3, -0.25) is 9.69 Å². The van der Waals surface area contributed by atoms with Gasteiger partial charge < -0.3 is 14.5 Å². The fraction of sp³-hybridized carbons (Fsp3) is 0.667. The highest BCUT2D eigenvalue weighted by Crippen LogP contribution is 2.21. The van der Waals surface area contributed by atoms with E-state index in [1.807, 2.05) is 11.9 Å². The van der Waals surface area contributed by atoms with E-state index in [9.17, 15) is 4.79 Å². The number of aromatic nitrogens is 5. The van der Waals surface area contributed by atoms with Crippen molar-refractivity contribution < 1.29 is 9.53 Å². The summed E-state index contributed by atoms with van der Waals surface area (Å²) in [7, 11) is 1.82. The van der Waals surface area contributed by atoms with E-state index in [4.69, 9.17) is 4.74 Å². The van der Waals surface area contributed by atoms with Gasteiger partial charge >= 0.3 is 0 Å². The van der Waals surface area contributed by atoms with Crippen LogP contribution >= 0.6 is 0 Å². The predicted molar refractivity (Wildman–Crippen MR) is 90.2 cm³/mol. The summed E-state index contributed by atoms with van der Waals surface area (Å²) >= 11 is 0. The van der Waals surface area contributed by atoms with Gasteiger partial charge in [0.1, 0.15) is 6.33 Å². The number of ether oxygens (including phenoxy) is 1. The van der Waals surface area contributed by atoms with E-state index < -0.39 is 0 Å². The van der Waals surface area contributed by atoms with Crippen LogP contribution in [0.2, 0.25) is 0 Å². The van der Waals surface area contributed by atoms with Crippen molar-refractivity contribution in [2.24, 2.45) is 7.05 Å². The zero-order chi connectivity index (χ0) is 17.2. The summed E-state index contributed by atoms with van der Waals surface area (Å²) in [5, 5.41) is 8.21. The van der Waals surface area contributed by atoms with Crippen LogP contribution in [0.5, 0.6) is 0 Å². The molecular weight excluding hydrogens is 324 g/mol. The van der Waals surface area contributed by atoms with Gasteiger partial charge in [0.05, 0.1) is 19.8 Å². The van der Waals surface area contributed by atoms with E-state index in [-0.39, 0.29) is 5.91 Å².